The first-order valence-corrected chi connectivity index (χ1v) is 9.61. The van der Waals surface area contributed by atoms with Crippen molar-refractivity contribution in [3.05, 3.63) is 64.9 Å². The molecule has 1 aromatic heterocycles. The van der Waals surface area contributed by atoms with Crippen LogP contribution in [-0.2, 0) is 18.3 Å². The first kappa shape index (κ1) is 19.3. The van der Waals surface area contributed by atoms with Crippen LogP contribution in [0.3, 0.4) is 0 Å². The van der Waals surface area contributed by atoms with Gasteiger partial charge in [-0.15, -0.1) is 10.2 Å². The molecule has 3 aromatic rings. The van der Waals surface area contributed by atoms with E-state index in [9.17, 15) is 4.79 Å². The van der Waals surface area contributed by atoms with E-state index in [0.717, 1.165) is 11.4 Å². The largest absolute Gasteiger partial charge is 0.495 e. The number of thioether (sulfide) groups is 1. The lowest BCUT2D eigenvalue weighted by Gasteiger charge is -2.09. The van der Waals surface area contributed by atoms with E-state index in [2.05, 4.69) is 15.5 Å². The van der Waals surface area contributed by atoms with Gasteiger partial charge in [-0.2, -0.15) is 0 Å². The number of carbonyl (C=O) groups is 1. The Morgan fingerprint density at radius 2 is 1.93 bits per heavy atom. The SMILES string of the molecule is COc1ccccc1NC(=O)CSc1nnc(Cc2ccc(Cl)cc2)n1C. The first-order valence-electron chi connectivity index (χ1n) is 8.25. The Labute approximate surface area is 166 Å². The first-order chi connectivity index (χ1) is 13.1. The van der Waals surface area contributed by atoms with Crippen LogP contribution in [0, 0.1) is 0 Å². The van der Waals surface area contributed by atoms with Crippen LogP contribution in [0.4, 0.5) is 5.69 Å². The molecule has 6 nitrogen and oxygen atoms in total. The minimum Gasteiger partial charge on any atom is -0.495 e. The highest BCUT2D eigenvalue weighted by atomic mass is 35.5. The van der Waals surface area contributed by atoms with Crippen LogP contribution in [-0.4, -0.2) is 33.5 Å². The molecule has 1 N–H and O–H groups in total. The number of nitrogens with one attached hydrogen (secondary N) is 1. The van der Waals surface area contributed by atoms with Crippen molar-refractivity contribution in [2.75, 3.05) is 18.2 Å². The summed E-state index contributed by atoms with van der Waals surface area (Å²) in [5, 5.41) is 12.7. The molecule has 3 rings (SSSR count). The van der Waals surface area contributed by atoms with Gasteiger partial charge in [-0.25, -0.2) is 0 Å². The van der Waals surface area contributed by atoms with Crippen LogP contribution >= 0.6 is 23.4 Å². The van der Waals surface area contributed by atoms with E-state index in [4.69, 9.17) is 16.3 Å². The van der Waals surface area contributed by atoms with Crippen molar-refractivity contribution in [3.8, 4) is 5.75 Å². The minimum absolute atomic E-state index is 0.133. The van der Waals surface area contributed by atoms with Crippen molar-refractivity contribution >= 4 is 35.0 Å². The summed E-state index contributed by atoms with van der Waals surface area (Å²) in [5.41, 5.74) is 1.74. The number of hydrogen-bond acceptors (Lipinski definition) is 5. The fourth-order valence-corrected chi connectivity index (χ4v) is 3.33. The highest BCUT2D eigenvalue weighted by Gasteiger charge is 2.13. The zero-order chi connectivity index (χ0) is 19.2. The van der Waals surface area contributed by atoms with Gasteiger partial charge in [-0.05, 0) is 29.8 Å². The molecule has 27 heavy (non-hydrogen) atoms. The quantitative estimate of drug-likeness (QED) is 0.609. The molecule has 1 amide bonds. The van der Waals surface area contributed by atoms with E-state index in [1.165, 1.54) is 11.8 Å². The van der Waals surface area contributed by atoms with Crippen molar-refractivity contribution in [1.29, 1.82) is 0 Å². The number of anilines is 1. The number of aromatic nitrogens is 3. The van der Waals surface area contributed by atoms with Gasteiger partial charge in [0.05, 0.1) is 18.6 Å². The van der Waals surface area contributed by atoms with Gasteiger partial charge < -0.3 is 14.6 Å². The molecule has 0 bridgehead atoms. The predicted octanol–water partition coefficient (Wildman–Crippen LogP) is 3.80. The topological polar surface area (TPSA) is 69.0 Å². The summed E-state index contributed by atoms with van der Waals surface area (Å²) in [6, 6.07) is 14.9. The van der Waals surface area contributed by atoms with Gasteiger partial charge >= 0.3 is 0 Å². The molecule has 0 atom stereocenters. The molecule has 0 aliphatic rings. The molecular weight excluding hydrogens is 384 g/mol. The normalized spacial score (nSPS) is 10.6. The monoisotopic (exact) mass is 402 g/mol. The van der Waals surface area contributed by atoms with Crippen molar-refractivity contribution in [2.45, 2.75) is 11.6 Å². The Morgan fingerprint density at radius 3 is 2.67 bits per heavy atom. The number of carbonyl (C=O) groups excluding carboxylic acids is 1. The van der Waals surface area contributed by atoms with Gasteiger partial charge in [0.25, 0.3) is 0 Å². The fraction of sp³-hybridized carbons (Fsp3) is 0.211. The number of para-hydroxylation sites is 2. The van der Waals surface area contributed by atoms with Gasteiger partial charge in [0.1, 0.15) is 11.6 Å². The summed E-state index contributed by atoms with van der Waals surface area (Å²) in [6.07, 6.45) is 0.647. The van der Waals surface area contributed by atoms with Crippen LogP contribution in [0.15, 0.2) is 53.7 Å². The number of benzene rings is 2. The lowest BCUT2D eigenvalue weighted by atomic mass is 10.1. The standard InChI is InChI=1S/C19H19ClN4O2S/c1-24-17(11-13-7-9-14(20)10-8-13)22-23-19(24)27-12-18(25)21-15-5-3-4-6-16(15)26-2/h3-10H,11-12H2,1-2H3,(H,21,25). The van der Waals surface area contributed by atoms with Gasteiger partial charge in [0.15, 0.2) is 5.16 Å². The van der Waals surface area contributed by atoms with Gasteiger partial charge in [-0.1, -0.05) is 47.6 Å². The molecule has 0 unspecified atom stereocenters. The third-order valence-corrected chi connectivity index (χ3v) is 5.19. The van der Waals surface area contributed by atoms with E-state index in [1.54, 1.807) is 19.2 Å². The molecular formula is C19H19ClN4O2S. The maximum atomic E-state index is 12.2. The average Bonchev–Trinajstić information content (AvgIpc) is 3.02. The van der Waals surface area contributed by atoms with Crippen LogP contribution in [0.1, 0.15) is 11.4 Å². The molecule has 0 saturated carbocycles. The van der Waals surface area contributed by atoms with Crippen molar-refractivity contribution in [3.63, 3.8) is 0 Å². The Hall–Kier alpha value is -2.51. The van der Waals surface area contributed by atoms with Gasteiger partial charge in [0.2, 0.25) is 5.91 Å². The Balaban J connectivity index is 1.59. The Morgan fingerprint density at radius 1 is 1.19 bits per heavy atom. The summed E-state index contributed by atoms with van der Waals surface area (Å²) in [4.78, 5) is 12.2. The molecule has 0 radical (unpaired) electrons. The fourth-order valence-electron chi connectivity index (χ4n) is 2.47. The molecule has 0 saturated heterocycles. The summed E-state index contributed by atoms with van der Waals surface area (Å²) < 4.78 is 7.14. The highest BCUT2D eigenvalue weighted by Crippen LogP contribution is 2.24. The van der Waals surface area contributed by atoms with Gasteiger partial charge in [-0.3, -0.25) is 4.79 Å². The van der Waals surface area contributed by atoms with Crippen LogP contribution < -0.4 is 10.1 Å². The number of amides is 1. The Bertz CT molecular complexity index is 928. The summed E-state index contributed by atoms with van der Waals surface area (Å²) in [5.74, 6) is 1.54. The molecule has 1 heterocycles. The third-order valence-electron chi connectivity index (χ3n) is 3.91. The second kappa shape index (κ2) is 8.92. The van der Waals surface area contributed by atoms with E-state index < -0.39 is 0 Å². The van der Waals surface area contributed by atoms with Crippen molar-refractivity contribution < 1.29 is 9.53 Å². The number of halogens is 1. The number of rotatable bonds is 7. The van der Waals surface area contributed by atoms with E-state index >= 15 is 0 Å². The summed E-state index contributed by atoms with van der Waals surface area (Å²) >= 11 is 7.25. The molecule has 0 aliphatic heterocycles. The van der Waals surface area contributed by atoms with E-state index in [-0.39, 0.29) is 11.7 Å². The average molecular weight is 403 g/mol. The van der Waals surface area contributed by atoms with Crippen LogP contribution in [0.2, 0.25) is 5.02 Å². The van der Waals surface area contributed by atoms with Gasteiger partial charge in [0, 0.05) is 18.5 Å². The maximum Gasteiger partial charge on any atom is 0.234 e. The molecule has 8 heteroatoms. The van der Waals surface area contributed by atoms with Crippen molar-refractivity contribution in [1.82, 2.24) is 14.8 Å². The summed E-state index contributed by atoms with van der Waals surface area (Å²) in [7, 11) is 3.47. The van der Waals surface area contributed by atoms with Crippen molar-refractivity contribution in [2.24, 2.45) is 7.05 Å². The molecule has 2 aromatic carbocycles. The maximum absolute atomic E-state index is 12.2. The molecule has 0 spiro atoms. The second-order valence-electron chi connectivity index (χ2n) is 5.80. The molecule has 140 valence electrons. The number of methoxy groups -OCH3 is 1. The smallest absolute Gasteiger partial charge is 0.234 e. The third kappa shape index (κ3) is 5.02. The zero-order valence-corrected chi connectivity index (χ0v) is 16.5. The number of nitrogens with zero attached hydrogens (tertiary/aromatic N) is 3. The van der Waals surface area contributed by atoms with E-state index in [0.29, 0.717) is 28.0 Å². The Kier molecular flexibility index (Phi) is 6.36. The summed E-state index contributed by atoms with van der Waals surface area (Å²) in [6.45, 7) is 0. The van der Waals surface area contributed by atoms with Crippen LogP contribution in [0.25, 0.3) is 0 Å². The lowest BCUT2D eigenvalue weighted by molar-refractivity contribution is -0.113. The molecule has 0 aliphatic carbocycles. The van der Waals surface area contributed by atoms with Crippen LogP contribution in [0.5, 0.6) is 5.75 Å². The predicted molar refractivity (Wildman–Crippen MR) is 108 cm³/mol. The minimum atomic E-state index is -0.133. The number of hydrogen-bond donors (Lipinski definition) is 1. The lowest BCUT2D eigenvalue weighted by Crippen LogP contribution is -2.15. The zero-order valence-electron chi connectivity index (χ0n) is 15.0. The number of ether oxygens (including phenoxy) is 1. The highest BCUT2D eigenvalue weighted by molar-refractivity contribution is 7.99. The van der Waals surface area contributed by atoms with E-state index in [1.807, 2.05) is 48.0 Å². The molecule has 0 fully saturated rings. The second-order valence-corrected chi connectivity index (χ2v) is 7.18.